The molecule has 0 fully saturated rings. The van der Waals surface area contributed by atoms with Gasteiger partial charge in [0.25, 0.3) is 5.91 Å². The molecule has 0 saturated carbocycles. The Morgan fingerprint density at radius 3 is 2.33 bits per heavy atom. The zero-order chi connectivity index (χ0) is 22.3. The van der Waals surface area contributed by atoms with Gasteiger partial charge in [-0.1, -0.05) is 18.2 Å². The van der Waals surface area contributed by atoms with Crippen molar-refractivity contribution in [1.29, 1.82) is 0 Å². The van der Waals surface area contributed by atoms with Gasteiger partial charge in [0, 0.05) is 18.2 Å². The fraction of sp³-hybridized carbons (Fsp3) is 0.333. The zero-order valence-electron chi connectivity index (χ0n) is 17.1. The van der Waals surface area contributed by atoms with Gasteiger partial charge in [0.1, 0.15) is 5.75 Å². The van der Waals surface area contributed by atoms with Crippen molar-refractivity contribution >= 4 is 11.8 Å². The molecule has 0 spiro atoms. The van der Waals surface area contributed by atoms with Gasteiger partial charge in [-0.05, 0) is 31.2 Å². The molecule has 1 atom stereocenters. The lowest BCUT2D eigenvalue weighted by atomic mass is 10.1. The van der Waals surface area contributed by atoms with Crippen LogP contribution in [-0.4, -0.2) is 51.1 Å². The van der Waals surface area contributed by atoms with Gasteiger partial charge < -0.3 is 24.4 Å². The highest BCUT2D eigenvalue weighted by Gasteiger charge is 2.21. The van der Waals surface area contributed by atoms with Crippen LogP contribution in [0.25, 0.3) is 0 Å². The van der Waals surface area contributed by atoms with Crippen molar-refractivity contribution in [1.82, 2.24) is 10.2 Å². The highest BCUT2D eigenvalue weighted by atomic mass is 19.3. The number of carbonyl (C=O) groups excluding carboxylic acids is 2. The monoisotopic (exact) mass is 422 g/mol. The molecule has 162 valence electrons. The summed E-state index contributed by atoms with van der Waals surface area (Å²) >= 11 is 0. The Balaban J connectivity index is 2.02. The lowest BCUT2D eigenvalue weighted by molar-refractivity contribution is -0.130. The van der Waals surface area contributed by atoms with E-state index in [0.717, 1.165) is 5.56 Å². The van der Waals surface area contributed by atoms with Crippen LogP contribution >= 0.6 is 0 Å². The van der Waals surface area contributed by atoms with E-state index in [1.165, 1.54) is 30.2 Å². The molecular weight excluding hydrogens is 398 g/mol. The van der Waals surface area contributed by atoms with Gasteiger partial charge in [-0.3, -0.25) is 9.59 Å². The summed E-state index contributed by atoms with van der Waals surface area (Å²) in [5.41, 5.74) is 0.975. The summed E-state index contributed by atoms with van der Waals surface area (Å²) in [5.74, 6) is -0.413. The molecule has 0 heterocycles. The van der Waals surface area contributed by atoms with Gasteiger partial charge in [0.05, 0.1) is 26.8 Å². The van der Waals surface area contributed by atoms with E-state index in [9.17, 15) is 18.4 Å². The molecule has 2 rings (SSSR count). The first-order valence-electron chi connectivity index (χ1n) is 9.08. The highest BCUT2D eigenvalue weighted by molar-refractivity contribution is 5.97. The molecule has 2 aromatic carbocycles. The second-order valence-corrected chi connectivity index (χ2v) is 6.35. The molecule has 0 bridgehead atoms. The van der Waals surface area contributed by atoms with Crippen LogP contribution in [0.15, 0.2) is 42.5 Å². The summed E-state index contributed by atoms with van der Waals surface area (Å²) in [6.07, 6.45) is 0. The first-order valence-corrected chi connectivity index (χ1v) is 9.08. The maximum Gasteiger partial charge on any atom is 0.387 e. The molecule has 2 aromatic rings. The number of nitrogens with one attached hydrogen (secondary N) is 1. The van der Waals surface area contributed by atoms with Gasteiger partial charge in [0.2, 0.25) is 5.91 Å². The third-order valence-corrected chi connectivity index (χ3v) is 4.61. The number of halogens is 2. The van der Waals surface area contributed by atoms with Crippen LogP contribution in [0.5, 0.6) is 17.2 Å². The number of benzene rings is 2. The molecule has 7 nitrogen and oxygen atoms in total. The number of alkyl halides is 2. The standard InChI is InChI=1S/C21H24F2N2O5/c1-13(15-7-5-6-8-16(15)28-3)25(2)19(26)12-24-20(27)14-9-10-17(30-21(22)23)18(11-14)29-4/h5-11,13,21H,12H2,1-4H3,(H,24,27). The van der Waals surface area contributed by atoms with Gasteiger partial charge in [-0.2, -0.15) is 8.78 Å². The molecule has 0 aliphatic rings. The summed E-state index contributed by atoms with van der Waals surface area (Å²) < 4.78 is 39.5. The van der Waals surface area contributed by atoms with Crippen molar-refractivity contribution in [3.05, 3.63) is 53.6 Å². The van der Waals surface area contributed by atoms with Gasteiger partial charge in [-0.15, -0.1) is 0 Å². The molecule has 9 heteroatoms. The minimum atomic E-state index is -3.02. The Hall–Kier alpha value is -3.36. The van der Waals surface area contributed by atoms with Gasteiger partial charge >= 0.3 is 6.61 Å². The van der Waals surface area contributed by atoms with Crippen LogP contribution in [0, 0.1) is 0 Å². The van der Waals surface area contributed by atoms with Gasteiger partial charge in [-0.25, -0.2) is 0 Å². The number of hydrogen-bond acceptors (Lipinski definition) is 5. The average molecular weight is 422 g/mol. The number of methoxy groups -OCH3 is 2. The Kier molecular flexibility index (Phi) is 7.97. The van der Waals surface area contributed by atoms with E-state index in [1.54, 1.807) is 20.2 Å². The number of amides is 2. The molecule has 0 aliphatic carbocycles. The van der Waals surface area contributed by atoms with Crippen molar-refractivity contribution in [2.24, 2.45) is 0 Å². The second-order valence-electron chi connectivity index (χ2n) is 6.35. The minimum Gasteiger partial charge on any atom is -0.496 e. The smallest absolute Gasteiger partial charge is 0.387 e. The maximum atomic E-state index is 12.5. The van der Waals surface area contributed by atoms with E-state index < -0.39 is 12.5 Å². The van der Waals surface area contributed by atoms with Crippen LogP contribution < -0.4 is 19.5 Å². The van der Waals surface area contributed by atoms with Crippen molar-refractivity contribution in [3.8, 4) is 17.2 Å². The SMILES string of the molecule is COc1cc(C(=O)NCC(=O)N(C)C(C)c2ccccc2OC)ccc1OC(F)F. The van der Waals surface area contributed by atoms with E-state index in [2.05, 4.69) is 10.1 Å². The number of likely N-dealkylation sites (N-methyl/N-ethyl adjacent to an activating group) is 1. The van der Waals surface area contributed by atoms with Crippen molar-refractivity contribution in [2.45, 2.75) is 19.6 Å². The van der Waals surface area contributed by atoms with E-state index in [-0.39, 0.29) is 35.6 Å². The third kappa shape index (κ3) is 5.59. The summed E-state index contributed by atoms with van der Waals surface area (Å²) in [7, 11) is 4.46. The topological polar surface area (TPSA) is 77.1 Å². The summed E-state index contributed by atoms with van der Waals surface area (Å²) in [4.78, 5) is 26.4. The highest BCUT2D eigenvalue weighted by Crippen LogP contribution is 2.30. The third-order valence-electron chi connectivity index (χ3n) is 4.61. The summed E-state index contributed by atoms with van der Waals surface area (Å²) in [6, 6.07) is 10.8. The molecule has 1 unspecified atom stereocenters. The quantitative estimate of drug-likeness (QED) is 0.671. The molecule has 0 aliphatic heterocycles. The normalized spacial score (nSPS) is 11.6. The molecule has 30 heavy (non-hydrogen) atoms. The van der Waals surface area contributed by atoms with Crippen molar-refractivity contribution in [3.63, 3.8) is 0 Å². The fourth-order valence-electron chi connectivity index (χ4n) is 2.82. The lowest BCUT2D eigenvalue weighted by Crippen LogP contribution is -2.39. The Morgan fingerprint density at radius 1 is 1.03 bits per heavy atom. The van der Waals surface area contributed by atoms with Crippen LogP contribution in [-0.2, 0) is 4.79 Å². The molecule has 0 saturated heterocycles. The number of rotatable bonds is 9. The molecular formula is C21H24F2N2O5. The second kappa shape index (κ2) is 10.4. The largest absolute Gasteiger partial charge is 0.496 e. The van der Waals surface area contributed by atoms with Crippen LogP contribution in [0.1, 0.15) is 28.9 Å². The first kappa shape index (κ1) is 22.9. The van der Waals surface area contributed by atoms with Crippen LogP contribution in [0.3, 0.4) is 0 Å². The lowest BCUT2D eigenvalue weighted by Gasteiger charge is -2.26. The fourth-order valence-corrected chi connectivity index (χ4v) is 2.82. The van der Waals surface area contributed by atoms with E-state index in [1.807, 2.05) is 25.1 Å². The molecule has 0 radical (unpaired) electrons. The van der Waals surface area contributed by atoms with E-state index in [0.29, 0.717) is 5.75 Å². The molecule has 0 aromatic heterocycles. The Labute approximate surface area is 173 Å². The van der Waals surface area contributed by atoms with E-state index in [4.69, 9.17) is 9.47 Å². The molecule has 2 amide bonds. The molecule has 1 N–H and O–H groups in total. The minimum absolute atomic E-state index is 0.0174. The summed E-state index contributed by atoms with van der Waals surface area (Å²) in [5, 5.41) is 2.52. The summed E-state index contributed by atoms with van der Waals surface area (Å²) in [6.45, 7) is -1.41. The first-order chi connectivity index (χ1) is 14.3. The zero-order valence-corrected chi connectivity index (χ0v) is 17.1. The predicted octanol–water partition coefficient (Wildman–Crippen LogP) is 3.25. The Bertz CT molecular complexity index is 891. The Morgan fingerprint density at radius 2 is 1.70 bits per heavy atom. The number of nitrogens with zero attached hydrogens (tertiary/aromatic N) is 1. The van der Waals surface area contributed by atoms with Gasteiger partial charge in [0.15, 0.2) is 11.5 Å². The van der Waals surface area contributed by atoms with Crippen LogP contribution in [0.4, 0.5) is 8.78 Å². The van der Waals surface area contributed by atoms with Crippen molar-refractivity contribution < 1.29 is 32.6 Å². The number of ether oxygens (including phenoxy) is 3. The van der Waals surface area contributed by atoms with Crippen molar-refractivity contribution in [2.75, 3.05) is 27.8 Å². The maximum absolute atomic E-state index is 12.5. The predicted molar refractivity (Wildman–Crippen MR) is 106 cm³/mol. The number of hydrogen-bond donors (Lipinski definition) is 1. The number of carbonyl (C=O) groups is 2. The van der Waals surface area contributed by atoms with Crippen LogP contribution in [0.2, 0.25) is 0 Å². The average Bonchev–Trinajstić information content (AvgIpc) is 2.75. The number of para-hydroxylation sites is 1. The van der Waals surface area contributed by atoms with E-state index >= 15 is 0 Å².